The topological polar surface area (TPSA) is 75.7 Å². The lowest BCUT2D eigenvalue weighted by atomic mass is 10.3. The second-order valence-corrected chi connectivity index (χ2v) is 6.96. The van der Waals surface area contributed by atoms with Crippen molar-refractivity contribution in [2.24, 2.45) is 0 Å². The van der Waals surface area contributed by atoms with Crippen LogP contribution in [-0.2, 0) is 14.8 Å². The number of likely N-dealkylation sites (N-methyl/N-ethyl adjacent to an activating group) is 1. The molecular formula is C17H20N2O4S. The highest BCUT2D eigenvalue weighted by Gasteiger charge is 2.24. The maximum Gasteiger partial charge on any atom is 0.243 e. The number of carbonyl (C=O) groups excluding carboxylic acids is 1. The number of carbonyl (C=O) groups is 1. The van der Waals surface area contributed by atoms with Crippen LogP contribution in [-0.4, -0.2) is 38.8 Å². The summed E-state index contributed by atoms with van der Waals surface area (Å²) in [4.78, 5) is 12.3. The number of sulfonamides is 1. The van der Waals surface area contributed by atoms with Gasteiger partial charge in [0.05, 0.1) is 18.6 Å². The van der Waals surface area contributed by atoms with Gasteiger partial charge in [-0.25, -0.2) is 8.42 Å². The van der Waals surface area contributed by atoms with E-state index >= 15 is 0 Å². The van der Waals surface area contributed by atoms with Crippen LogP contribution >= 0.6 is 0 Å². The molecule has 7 heteroatoms. The van der Waals surface area contributed by atoms with Gasteiger partial charge in [0.15, 0.2) is 0 Å². The summed E-state index contributed by atoms with van der Waals surface area (Å²) >= 11 is 0. The fourth-order valence-electron chi connectivity index (χ4n) is 2.14. The first-order valence-electron chi connectivity index (χ1n) is 7.46. The molecule has 2 rings (SSSR count). The zero-order valence-corrected chi connectivity index (χ0v) is 14.4. The Morgan fingerprint density at radius 1 is 1.08 bits per heavy atom. The van der Waals surface area contributed by atoms with Crippen molar-refractivity contribution < 1.29 is 17.9 Å². The SMILES string of the molecule is CCN(CC(=O)Nc1ccc(OC)cc1)S(=O)(=O)c1ccccc1. The molecule has 0 aliphatic carbocycles. The Morgan fingerprint density at radius 3 is 2.25 bits per heavy atom. The molecule has 128 valence electrons. The van der Waals surface area contributed by atoms with E-state index < -0.39 is 15.9 Å². The molecular weight excluding hydrogens is 328 g/mol. The Morgan fingerprint density at radius 2 is 1.71 bits per heavy atom. The summed E-state index contributed by atoms with van der Waals surface area (Å²) in [5, 5.41) is 2.68. The molecule has 0 fully saturated rings. The maximum atomic E-state index is 12.6. The lowest BCUT2D eigenvalue weighted by Gasteiger charge is -2.20. The Bertz CT molecular complexity index is 774. The second kappa shape index (κ2) is 7.94. The third-order valence-electron chi connectivity index (χ3n) is 3.43. The Hall–Kier alpha value is -2.38. The minimum absolute atomic E-state index is 0.170. The molecule has 0 aromatic heterocycles. The third kappa shape index (κ3) is 4.33. The summed E-state index contributed by atoms with van der Waals surface area (Å²) in [7, 11) is -2.14. The standard InChI is InChI=1S/C17H20N2O4S/c1-3-19(24(21,22)16-7-5-4-6-8-16)13-17(20)18-14-9-11-15(23-2)12-10-14/h4-12H,3,13H2,1-2H3,(H,18,20). The van der Waals surface area contributed by atoms with Crippen LogP contribution in [0.2, 0.25) is 0 Å². The number of benzene rings is 2. The van der Waals surface area contributed by atoms with E-state index in [9.17, 15) is 13.2 Å². The first-order chi connectivity index (χ1) is 11.5. The lowest BCUT2D eigenvalue weighted by molar-refractivity contribution is -0.116. The lowest BCUT2D eigenvalue weighted by Crippen LogP contribution is -2.37. The van der Waals surface area contributed by atoms with Gasteiger partial charge in [-0.15, -0.1) is 0 Å². The number of rotatable bonds is 7. The van der Waals surface area contributed by atoms with Crippen LogP contribution < -0.4 is 10.1 Å². The number of anilines is 1. The van der Waals surface area contributed by atoms with Crippen LogP contribution in [0.25, 0.3) is 0 Å². The number of methoxy groups -OCH3 is 1. The molecule has 0 aliphatic rings. The maximum absolute atomic E-state index is 12.6. The van der Waals surface area contributed by atoms with Gasteiger partial charge in [0.2, 0.25) is 15.9 Å². The quantitative estimate of drug-likeness (QED) is 0.833. The normalized spacial score (nSPS) is 11.3. The largest absolute Gasteiger partial charge is 0.497 e. The summed E-state index contributed by atoms with van der Waals surface area (Å²) in [6.07, 6.45) is 0. The Kier molecular flexibility index (Phi) is 5.94. The molecule has 0 saturated carbocycles. The molecule has 0 unspecified atom stereocenters. The zero-order valence-electron chi connectivity index (χ0n) is 13.6. The highest BCUT2D eigenvalue weighted by Crippen LogP contribution is 2.17. The van der Waals surface area contributed by atoms with E-state index in [1.165, 1.54) is 12.1 Å². The van der Waals surface area contributed by atoms with Gasteiger partial charge >= 0.3 is 0 Å². The Balaban J connectivity index is 2.07. The fraction of sp³-hybridized carbons (Fsp3) is 0.235. The highest BCUT2D eigenvalue weighted by atomic mass is 32.2. The van der Waals surface area contributed by atoms with Gasteiger partial charge in [0, 0.05) is 12.2 Å². The molecule has 0 radical (unpaired) electrons. The van der Waals surface area contributed by atoms with E-state index in [1.807, 2.05) is 0 Å². The first-order valence-corrected chi connectivity index (χ1v) is 8.90. The Labute approximate surface area is 142 Å². The van der Waals surface area contributed by atoms with Crippen molar-refractivity contribution in [1.82, 2.24) is 4.31 Å². The van der Waals surface area contributed by atoms with Crippen molar-refractivity contribution >= 4 is 21.6 Å². The number of hydrogen-bond acceptors (Lipinski definition) is 4. The molecule has 0 heterocycles. The van der Waals surface area contributed by atoms with Gasteiger partial charge in [-0.2, -0.15) is 4.31 Å². The zero-order chi connectivity index (χ0) is 17.6. The summed E-state index contributed by atoms with van der Waals surface area (Å²) in [5.74, 6) is 0.274. The van der Waals surface area contributed by atoms with E-state index in [-0.39, 0.29) is 18.0 Å². The molecule has 24 heavy (non-hydrogen) atoms. The van der Waals surface area contributed by atoms with Crippen molar-refractivity contribution in [3.8, 4) is 5.75 Å². The first kappa shape index (κ1) is 18.0. The summed E-state index contributed by atoms with van der Waals surface area (Å²) in [5.41, 5.74) is 0.578. The van der Waals surface area contributed by atoms with Crippen LogP contribution in [0.1, 0.15) is 6.92 Å². The number of hydrogen-bond donors (Lipinski definition) is 1. The van der Waals surface area contributed by atoms with Gasteiger partial charge in [-0.3, -0.25) is 4.79 Å². The predicted molar refractivity (Wildman–Crippen MR) is 92.5 cm³/mol. The molecule has 0 aliphatic heterocycles. The molecule has 0 saturated heterocycles. The van der Waals surface area contributed by atoms with Crippen LogP contribution in [0.5, 0.6) is 5.75 Å². The highest BCUT2D eigenvalue weighted by molar-refractivity contribution is 7.89. The molecule has 6 nitrogen and oxygen atoms in total. The molecule has 0 bridgehead atoms. The predicted octanol–water partition coefficient (Wildman–Crippen LogP) is 2.34. The van der Waals surface area contributed by atoms with Gasteiger partial charge in [-0.05, 0) is 36.4 Å². The summed E-state index contributed by atoms with van der Waals surface area (Å²) < 4.78 is 31.3. The van der Waals surface area contributed by atoms with Crippen molar-refractivity contribution in [2.45, 2.75) is 11.8 Å². The smallest absolute Gasteiger partial charge is 0.243 e. The van der Waals surface area contributed by atoms with Gasteiger partial charge in [0.1, 0.15) is 5.75 Å². The fourth-order valence-corrected chi connectivity index (χ4v) is 3.57. The average molecular weight is 348 g/mol. The number of nitrogens with one attached hydrogen (secondary N) is 1. The van der Waals surface area contributed by atoms with Crippen LogP contribution in [0.4, 0.5) is 5.69 Å². The van der Waals surface area contributed by atoms with Crippen molar-refractivity contribution in [3.63, 3.8) is 0 Å². The van der Waals surface area contributed by atoms with Crippen LogP contribution in [0.3, 0.4) is 0 Å². The molecule has 1 amide bonds. The molecule has 2 aromatic rings. The number of ether oxygens (including phenoxy) is 1. The molecule has 1 N–H and O–H groups in total. The summed E-state index contributed by atoms with van der Waals surface area (Å²) in [6, 6.07) is 14.9. The van der Waals surface area contributed by atoms with Crippen LogP contribution in [0.15, 0.2) is 59.5 Å². The van der Waals surface area contributed by atoms with Crippen molar-refractivity contribution in [1.29, 1.82) is 0 Å². The molecule has 0 spiro atoms. The third-order valence-corrected chi connectivity index (χ3v) is 5.36. The van der Waals surface area contributed by atoms with E-state index in [2.05, 4.69) is 5.32 Å². The van der Waals surface area contributed by atoms with Crippen molar-refractivity contribution in [2.75, 3.05) is 25.5 Å². The van der Waals surface area contributed by atoms with Gasteiger partial charge in [0.25, 0.3) is 0 Å². The second-order valence-electron chi connectivity index (χ2n) is 5.02. The van der Waals surface area contributed by atoms with E-state index in [0.29, 0.717) is 11.4 Å². The average Bonchev–Trinajstić information content (AvgIpc) is 2.61. The monoisotopic (exact) mass is 348 g/mol. The minimum atomic E-state index is -3.70. The minimum Gasteiger partial charge on any atom is -0.497 e. The number of nitrogens with zero attached hydrogens (tertiary/aromatic N) is 1. The van der Waals surface area contributed by atoms with Crippen LogP contribution in [0, 0.1) is 0 Å². The molecule has 2 aromatic carbocycles. The van der Waals surface area contributed by atoms with E-state index in [1.54, 1.807) is 56.5 Å². The van der Waals surface area contributed by atoms with Gasteiger partial charge < -0.3 is 10.1 Å². The van der Waals surface area contributed by atoms with Crippen molar-refractivity contribution in [3.05, 3.63) is 54.6 Å². The van der Waals surface area contributed by atoms with E-state index in [0.717, 1.165) is 4.31 Å². The molecule has 0 atom stereocenters. The van der Waals surface area contributed by atoms with E-state index in [4.69, 9.17) is 4.74 Å². The summed E-state index contributed by atoms with van der Waals surface area (Å²) in [6.45, 7) is 1.65. The number of amides is 1. The van der Waals surface area contributed by atoms with Gasteiger partial charge in [-0.1, -0.05) is 25.1 Å².